The van der Waals surface area contributed by atoms with Gasteiger partial charge in [0, 0.05) is 24.9 Å². The second-order valence-corrected chi connectivity index (χ2v) is 5.20. The lowest BCUT2D eigenvalue weighted by Gasteiger charge is -2.08. The number of anilines is 1. The molecule has 2 heterocycles. The highest BCUT2D eigenvalue weighted by molar-refractivity contribution is 5.89. The summed E-state index contributed by atoms with van der Waals surface area (Å²) in [4.78, 5) is 11.8. The van der Waals surface area contributed by atoms with Gasteiger partial charge in [-0.05, 0) is 30.7 Å². The molecule has 1 aliphatic heterocycles. The van der Waals surface area contributed by atoms with E-state index in [0.717, 1.165) is 5.76 Å². The molecule has 2 aromatic rings. The Hall–Kier alpha value is -2.81. The molecular weight excluding hydrogens is 338 g/mol. The molecule has 25 heavy (non-hydrogen) atoms. The number of benzene rings is 1. The number of urea groups is 1. The van der Waals surface area contributed by atoms with Crippen LogP contribution in [0.1, 0.15) is 12.2 Å². The zero-order chi connectivity index (χ0) is 17.7. The van der Waals surface area contributed by atoms with E-state index in [4.69, 9.17) is 9.15 Å². The lowest BCUT2D eigenvalue weighted by molar-refractivity contribution is -0.286. The van der Waals surface area contributed by atoms with E-state index in [1.54, 1.807) is 12.3 Å². The van der Waals surface area contributed by atoms with Crippen LogP contribution in [0.2, 0.25) is 0 Å². The molecule has 0 atom stereocenters. The third-order valence-electron chi connectivity index (χ3n) is 3.23. The minimum absolute atomic E-state index is 0.0790. The Labute approximate surface area is 141 Å². The smallest absolute Gasteiger partial charge is 0.467 e. The van der Waals surface area contributed by atoms with Crippen LogP contribution in [0.3, 0.4) is 0 Å². The van der Waals surface area contributed by atoms with Crippen LogP contribution in [0, 0.1) is 0 Å². The average Bonchev–Trinajstić information content (AvgIpc) is 3.16. The van der Waals surface area contributed by atoms with E-state index in [2.05, 4.69) is 20.1 Å². The van der Waals surface area contributed by atoms with Crippen molar-refractivity contribution in [3.63, 3.8) is 0 Å². The maximum Gasteiger partial charge on any atom is 0.586 e. The summed E-state index contributed by atoms with van der Waals surface area (Å²) in [6, 6.07) is 7.14. The van der Waals surface area contributed by atoms with Crippen LogP contribution in [0.4, 0.5) is 19.3 Å². The van der Waals surface area contributed by atoms with Gasteiger partial charge in [-0.1, -0.05) is 0 Å². The largest absolute Gasteiger partial charge is 0.586 e. The van der Waals surface area contributed by atoms with Crippen molar-refractivity contribution >= 4 is 11.7 Å². The van der Waals surface area contributed by atoms with Crippen molar-refractivity contribution in [2.75, 3.05) is 18.5 Å². The summed E-state index contributed by atoms with van der Waals surface area (Å²) in [6.45, 7) is 1.23. The molecule has 0 fully saturated rings. The van der Waals surface area contributed by atoms with Gasteiger partial charge in [0.05, 0.1) is 6.26 Å². The fraction of sp³-hybridized carbons (Fsp3) is 0.312. The van der Waals surface area contributed by atoms with Crippen LogP contribution in [0.5, 0.6) is 11.5 Å². The highest BCUT2D eigenvalue weighted by Gasteiger charge is 2.43. The van der Waals surface area contributed by atoms with Crippen LogP contribution in [-0.2, 0) is 11.3 Å². The topological polar surface area (TPSA) is 82.0 Å². The van der Waals surface area contributed by atoms with E-state index < -0.39 is 12.3 Å². The molecule has 1 aromatic carbocycles. The van der Waals surface area contributed by atoms with Gasteiger partial charge < -0.3 is 29.3 Å². The SMILES string of the molecule is O=C(NCCCOCc1ccco1)Nc1ccc2c(c1)OC(F)(F)O2. The molecule has 0 bridgehead atoms. The van der Waals surface area contributed by atoms with Crippen molar-refractivity contribution in [2.24, 2.45) is 0 Å². The lowest BCUT2D eigenvalue weighted by Crippen LogP contribution is -2.30. The van der Waals surface area contributed by atoms with Gasteiger partial charge in [-0.3, -0.25) is 0 Å². The number of hydrogen-bond acceptors (Lipinski definition) is 5. The van der Waals surface area contributed by atoms with Crippen molar-refractivity contribution in [1.82, 2.24) is 5.32 Å². The number of amides is 2. The summed E-state index contributed by atoms with van der Waals surface area (Å²) in [5.74, 6) is 0.526. The normalized spacial score (nSPS) is 14.3. The van der Waals surface area contributed by atoms with Gasteiger partial charge in [0.2, 0.25) is 0 Å². The fourth-order valence-electron chi connectivity index (χ4n) is 2.15. The zero-order valence-electron chi connectivity index (χ0n) is 13.1. The summed E-state index contributed by atoms with van der Waals surface area (Å²) >= 11 is 0. The van der Waals surface area contributed by atoms with E-state index in [-0.39, 0.29) is 11.5 Å². The molecular formula is C16H16F2N2O5. The van der Waals surface area contributed by atoms with Crippen molar-refractivity contribution in [3.05, 3.63) is 42.4 Å². The molecule has 3 rings (SSSR count). The van der Waals surface area contributed by atoms with E-state index in [1.165, 1.54) is 18.2 Å². The van der Waals surface area contributed by atoms with Gasteiger partial charge in [0.1, 0.15) is 12.4 Å². The number of ether oxygens (including phenoxy) is 3. The molecule has 0 saturated heterocycles. The van der Waals surface area contributed by atoms with Crippen molar-refractivity contribution in [3.8, 4) is 11.5 Å². The first-order valence-corrected chi connectivity index (χ1v) is 7.57. The van der Waals surface area contributed by atoms with Gasteiger partial charge in [-0.15, -0.1) is 8.78 Å². The van der Waals surface area contributed by atoms with E-state index in [1.807, 2.05) is 6.07 Å². The highest BCUT2D eigenvalue weighted by atomic mass is 19.3. The third-order valence-corrected chi connectivity index (χ3v) is 3.23. The number of nitrogens with one attached hydrogen (secondary N) is 2. The zero-order valence-corrected chi connectivity index (χ0v) is 13.1. The number of hydrogen-bond donors (Lipinski definition) is 2. The van der Waals surface area contributed by atoms with Crippen LogP contribution in [0.25, 0.3) is 0 Å². The Bertz CT molecular complexity index is 721. The maximum atomic E-state index is 12.9. The molecule has 9 heteroatoms. The summed E-state index contributed by atoms with van der Waals surface area (Å²) in [5, 5.41) is 5.16. The fourth-order valence-corrected chi connectivity index (χ4v) is 2.15. The molecule has 134 valence electrons. The number of fused-ring (bicyclic) bond motifs is 1. The first-order valence-electron chi connectivity index (χ1n) is 7.57. The minimum Gasteiger partial charge on any atom is -0.467 e. The van der Waals surface area contributed by atoms with Gasteiger partial charge in [-0.2, -0.15) is 0 Å². The average molecular weight is 354 g/mol. The van der Waals surface area contributed by atoms with E-state index in [9.17, 15) is 13.6 Å². The van der Waals surface area contributed by atoms with Gasteiger partial charge >= 0.3 is 12.3 Å². The molecule has 0 unspecified atom stereocenters. The van der Waals surface area contributed by atoms with Crippen molar-refractivity contribution in [1.29, 1.82) is 0 Å². The lowest BCUT2D eigenvalue weighted by atomic mass is 10.3. The van der Waals surface area contributed by atoms with Gasteiger partial charge in [0.25, 0.3) is 0 Å². The monoisotopic (exact) mass is 354 g/mol. The van der Waals surface area contributed by atoms with Crippen LogP contribution >= 0.6 is 0 Å². The summed E-state index contributed by atoms with van der Waals surface area (Å²) in [6.07, 6.45) is -1.50. The Morgan fingerprint density at radius 2 is 2.04 bits per heavy atom. The predicted octanol–water partition coefficient (Wildman–Crippen LogP) is 3.33. The van der Waals surface area contributed by atoms with Crippen molar-refractivity contribution < 1.29 is 32.2 Å². The predicted molar refractivity (Wildman–Crippen MR) is 82.6 cm³/mol. The molecule has 1 aromatic heterocycles. The minimum atomic E-state index is -3.68. The molecule has 0 saturated carbocycles. The second-order valence-electron chi connectivity index (χ2n) is 5.20. The molecule has 0 aliphatic carbocycles. The molecule has 1 aliphatic rings. The quantitative estimate of drug-likeness (QED) is 0.746. The third kappa shape index (κ3) is 4.83. The first kappa shape index (κ1) is 17.0. The summed E-state index contributed by atoms with van der Waals surface area (Å²) in [7, 11) is 0. The maximum absolute atomic E-state index is 12.9. The molecule has 2 N–H and O–H groups in total. The molecule has 0 radical (unpaired) electrons. The Balaban J connectivity index is 1.34. The summed E-state index contributed by atoms with van der Waals surface area (Å²) in [5.41, 5.74) is 0.312. The van der Waals surface area contributed by atoms with E-state index in [0.29, 0.717) is 31.9 Å². The van der Waals surface area contributed by atoms with Crippen LogP contribution in [0.15, 0.2) is 41.0 Å². The van der Waals surface area contributed by atoms with Crippen molar-refractivity contribution in [2.45, 2.75) is 19.3 Å². The molecule has 2 amide bonds. The van der Waals surface area contributed by atoms with E-state index >= 15 is 0 Å². The van der Waals surface area contributed by atoms with Crippen LogP contribution in [-0.4, -0.2) is 25.5 Å². The Morgan fingerprint density at radius 3 is 2.84 bits per heavy atom. The van der Waals surface area contributed by atoms with Gasteiger partial charge in [0.15, 0.2) is 11.5 Å². The number of rotatable bonds is 7. The number of alkyl halides is 2. The number of carbonyl (C=O) groups excluding carboxylic acids is 1. The Morgan fingerprint density at radius 1 is 1.20 bits per heavy atom. The summed E-state index contributed by atoms with van der Waals surface area (Å²) < 4.78 is 45.0. The number of halogens is 2. The second kappa shape index (κ2) is 7.39. The number of furan rings is 1. The highest BCUT2D eigenvalue weighted by Crippen LogP contribution is 2.42. The number of carbonyl (C=O) groups is 1. The first-order chi connectivity index (χ1) is 12.0. The molecule has 7 nitrogen and oxygen atoms in total. The molecule has 0 spiro atoms. The standard InChI is InChI=1S/C16H16F2N2O5/c17-16(18)24-13-5-4-11(9-14(13)25-16)20-15(21)19-6-2-7-22-10-12-3-1-8-23-12/h1,3-5,8-9H,2,6-7,10H2,(H2,19,20,21). The van der Waals surface area contributed by atoms with Crippen LogP contribution < -0.4 is 20.1 Å². The van der Waals surface area contributed by atoms with Gasteiger partial charge in [-0.25, -0.2) is 4.79 Å². The Kier molecular flexibility index (Phi) is 5.03.